The second kappa shape index (κ2) is 9.72. The molecule has 1 aromatic rings. The predicted molar refractivity (Wildman–Crippen MR) is 83.9 cm³/mol. The number of benzene rings is 1. The SMILES string of the molecule is CCOCCCNC(=S)N/N=C\c1cccc(Cl)c1. The summed E-state index contributed by atoms with van der Waals surface area (Å²) < 4.78 is 5.22. The van der Waals surface area contributed by atoms with Crippen LogP contribution in [0.2, 0.25) is 5.02 Å². The maximum Gasteiger partial charge on any atom is 0.186 e. The zero-order valence-corrected chi connectivity index (χ0v) is 12.4. The topological polar surface area (TPSA) is 45.6 Å². The van der Waals surface area contributed by atoms with Crippen molar-refractivity contribution in [2.75, 3.05) is 19.8 Å². The van der Waals surface area contributed by atoms with Gasteiger partial charge in [0.05, 0.1) is 6.21 Å². The van der Waals surface area contributed by atoms with Crippen molar-refractivity contribution in [3.8, 4) is 0 Å². The Labute approximate surface area is 124 Å². The first-order valence-electron chi connectivity index (χ1n) is 6.12. The Morgan fingerprint density at radius 2 is 2.37 bits per heavy atom. The van der Waals surface area contributed by atoms with Crippen LogP contribution in [0.4, 0.5) is 0 Å². The largest absolute Gasteiger partial charge is 0.382 e. The van der Waals surface area contributed by atoms with Gasteiger partial charge >= 0.3 is 0 Å². The maximum atomic E-state index is 5.86. The van der Waals surface area contributed by atoms with E-state index in [1.54, 1.807) is 6.21 Å². The summed E-state index contributed by atoms with van der Waals surface area (Å²) in [5.74, 6) is 0. The smallest absolute Gasteiger partial charge is 0.186 e. The highest BCUT2D eigenvalue weighted by Gasteiger charge is 1.93. The Morgan fingerprint density at radius 1 is 1.53 bits per heavy atom. The van der Waals surface area contributed by atoms with Crippen molar-refractivity contribution in [2.45, 2.75) is 13.3 Å². The lowest BCUT2D eigenvalue weighted by Gasteiger charge is -2.06. The van der Waals surface area contributed by atoms with Crippen LogP contribution in [0.3, 0.4) is 0 Å². The molecule has 0 atom stereocenters. The Bertz CT molecular complexity index is 426. The van der Waals surface area contributed by atoms with Crippen molar-refractivity contribution in [2.24, 2.45) is 5.10 Å². The lowest BCUT2D eigenvalue weighted by atomic mass is 10.2. The molecule has 0 aliphatic rings. The minimum absolute atomic E-state index is 0.495. The number of nitrogens with one attached hydrogen (secondary N) is 2. The second-order valence-corrected chi connectivity index (χ2v) is 4.58. The van der Waals surface area contributed by atoms with Gasteiger partial charge in [0, 0.05) is 24.8 Å². The predicted octanol–water partition coefficient (Wildman–Crippen LogP) is 2.56. The average molecular weight is 300 g/mol. The minimum Gasteiger partial charge on any atom is -0.382 e. The van der Waals surface area contributed by atoms with Gasteiger partial charge in [0.1, 0.15) is 0 Å². The first kappa shape index (κ1) is 15.9. The monoisotopic (exact) mass is 299 g/mol. The van der Waals surface area contributed by atoms with Gasteiger partial charge < -0.3 is 10.1 Å². The van der Waals surface area contributed by atoms with E-state index in [4.69, 9.17) is 28.6 Å². The molecule has 4 nitrogen and oxygen atoms in total. The summed E-state index contributed by atoms with van der Waals surface area (Å²) in [6.45, 7) is 4.22. The molecule has 0 spiro atoms. The third kappa shape index (κ3) is 7.77. The molecule has 0 saturated carbocycles. The summed E-state index contributed by atoms with van der Waals surface area (Å²) >= 11 is 10.9. The lowest BCUT2D eigenvalue weighted by molar-refractivity contribution is 0.145. The molecule has 0 unspecified atom stereocenters. The van der Waals surface area contributed by atoms with E-state index in [0.717, 1.165) is 31.7 Å². The van der Waals surface area contributed by atoms with E-state index in [1.807, 2.05) is 31.2 Å². The maximum absolute atomic E-state index is 5.86. The van der Waals surface area contributed by atoms with E-state index >= 15 is 0 Å². The summed E-state index contributed by atoms with van der Waals surface area (Å²) in [5.41, 5.74) is 3.66. The highest BCUT2D eigenvalue weighted by molar-refractivity contribution is 7.80. The number of ether oxygens (including phenoxy) is 1. The molecule has 2 N–H and O–H groups in total. The van der Waals surface area contributed by atoms with E-state index in [2.05, 4.69) is 15.8 Å². The van der Waals surface area contributed by atoms with Crippen LogP contribution >= 0.6 is 23.8 Å². The van der Waals surface area contributed by atoms with Crippen molar-refractivity contribution < 1.29 is 4.74 Å². The van der Waals surface area contributed by atoms with Crippen LogP contribution in [0.15, 0.2) is 29.4 Å². The van der Waals surface area contributed by atoms with Gasteiger partial charge in [0.2, 0.25) is 0 Å². The van der Waals surface area contributed by atoms with Crippen molar-refractivity contribution in [1.29, 1.82) is 0 Å². The van der Waals surface area contributed by atoms with Crippen LogP contribution in [-0.4, -0.2) is 31.1 Å². The van der Waals surface area contributed by atoms with Crippen LogP contribution in [-0.2, 0) is 4.74 Å². The second-order valence-electron chi connectivity index (χ2n) is 3.73. The van der Waals surface area contributed by atoms with E-state index in [0.29, 0.717) is 10.1 Å². The standard InChI is InChI=1S/C13H18ClN3OS/c1-2-18-8-4-7-15-13(19)17-16-10-11-5-3-6-12(14)9-11/h3,5-6,9-10H,2,4,7-8H2,1H3,(H2,15,17,19)/b16-10-. The van der Waals surface area contributed by atoms with Crippen molar-refractivity contribution in [3.63, 3.8) is 0 Å². The average Bonchev–Trinajstić information content (AvgIpc) is 2.38. The quantitative estimate of drug-likeness (QED) is 0.351. The first-order valence-corrected chi connectivity index (χ1v) is 6.91. The summed E-state index contributed by atoms with van der Waals surface area (Å²) in [6, 6.07) is 7.42. The van der Waals surface area contributed by atoms with Gasteiger partial charge in [-0.25, -0.2) is 0 Å². The molecule has 0 aliphatic heterocycles. The van der Waals surface area contributed by atoms with Crippen molar-refractivity contribution >= 4 is 35.1 Å². The molecule has 0 fully saturated rings. The van der Waals surface area contributed by atoms with E-state index < -0.39 is 0 Å². The molecular formula is C13H18ClN3OS. The number of nitrogens with zero attached hydrogens (tertiary/aromatic N) is 1. The molecule has 1 rings (SSSR count). The van der Waals surface area contributed by atoms with E-state index in [9.17, 15) is 0 Å². The number of hydrogen-bond acceptors (Lipinski definition) is 3. The Hall–Kier alpha value is -1.17. The molecule has 0 saturated heterocycles. The molecule has 0 bridgehead atoms. The lowest BCUT2D eigenvalue weighted by Crippen LogP contribution is -2.33. The first-order chi connectivity index (χ1) is 9.22. The molecule has 0 aromatic heterocycles. The van der Waals surface area contributed by atoms with Gasteiger partial charge in [-0.3, -0.25) is 5.43 Å². The third-order valence-electron chi connectivity index (χ3n) is 2.18. The van der Waals surface area contributed by atoms with Crippen LogP contribution in [0.1, 0.15) is 18.9 Å². The summed E-state index contributed by atoms with van der Waals surface area (Å²) in [4.78, 5) is 0. The van der Waals surface area contributed by atoms with Crippen LogP contribution in [0.5, 0.6) is 0 Å². The number of halogens is 1. The van der Waals surface area contributed by atoms with Crippen LogP contribution < -0.4 is 10.7 Å². The number of thiocarbonyl (C=S) groups is 1. The summed E-state index contributed by atoms with van der Waals surface area (Å²) in [6.07, 6.45) is 2.58. The molecule has 1 aromatic carbocycles. The molecular weight excluding hydrogens is 282 g/mol. The zero-order valence-electron chi connectivity index (χ0n) is 10.9. The molecule has 19 heavy (non-hydrogen) atoms. The summed E-state index contributed by atoms with van der Waals surface area (Å²) in [7, 11) is 0. The van der Waals surface area contributed by atoms with Gasteiger partial charge in [-0.1, -0.05) is 23.7 Å². The van der Waals surface area contributed by atoms with Gasteiger partial charge in [-0.05, 0) is 43.3 Å². The molecule has 0 radical (unpaired) electrons. The normalized spacial score (nSPS) is 10.6. The molecule has 0 aliphatic carbocycles. The molecule has 104 valence electrons. The highest BCUT2D eigenvalue weighted by atomic mass is 35.5. The fourth-order valence-corrected chi connectivity index (χ4v) is 1.67. The number of hydrazone groups is 1. The molecule has 0 heterocycles. The van der Waals surface area contributed by atoms with Gasteiger partial charge in [0.25, 0.3) is 0 Å². The molecule has 6 heteroatoms. The minimum atomic E-state index is 0.495. The van der Waals surface area contributed by atoms with Gasteiger partial charge in [-0.15, -0.1) is 0 Å². The van der Waals surface area contributed by atoms with Crippen LogP contribution in [0, 0.1) is 0 Å². The fraction of sp³-hybridized carbons (Fsp3) is 0.385. The Morgan fingerprint density at radius 3 is 3.11 bits per heavy atom. The highest BCUT2D eigenvalue weighted by Crippen LogP contribution is 2.08. The zero-order chi connectivity index (χ0) is 13.9. The van der Waals surface area contributed by atoms with Gasteiger partial charge in [-0.2, -0.15) is 5.10 Å². The number of rotatable bonds is 7. The summed E-state index contributed by atoms with van der Waals surface area (Å²) in [5, 5.41) is 8.25. The number of hydrogen-bond donors (Lipinski definition) is 2. The third-order valence-corrected chi connectivity index (χ3v) is 2.65. The Kier molecular flexibility index (Phi) is 8.13. The van der Waals surface area contributed by atoms with Crippen LogP contribution in [0.25, 0.3) is 0 Å². The van der Waals surface area contributed by atoms with Gasteiger partial charge in [0.15, 0.2) is 5.11 Å². The van der Waals surface area contributed by atoms with E-state index in [1.165, 1.54) is 0 Å². The van der Waals surface area contributed by atoms with Crippen molar-refractivity contribution in [1.82, 2.24) is 10.7 Å². The Balaban J connectivity index is 2.19. The molecule has 0 amide bonds. The fourth-order valence-electron chi connectivity index (χ4n) is 1.31. The van der Waals surface area contributed by atoms with Crippen molar-refractivity contribution in [3.05, 3.63) is 34.9 Å². The van der Waals surface area contributed by atoms with E-state index in [-0.39, 0.29) is 0 Å².